The Labute approximate surface area is 133 Å². The average molecular weight is 339 g/mol. The van der Waals surface area contributed by atoms with E-state index in [2.05, 4.69) is 10.3 Å². The van der Waals surface area contributed by atoms with Crippen LogP contribution in [0.2, 0.25) is 0 Å². The molecular weight excluding hydrogens is 327 g/mol. The number of likely N-dealkylation sites (tertiary alicyclic amines) is 1. The van der Waals surface area contributed by atoms with Gasteiger partial charge in [0.1, 0.15) is 5.82 Å². The first-order chi connectivity index (χ1) is 11.3. The molecule has 1 aliphatic heterocycles. The van der Waals surface area contributed by atoms with Gasteiger partial charge in [0.2, 0.25) is 0 Å². The van der Waals surface area contributed by atoms with Gasteiger partial charge in [0.25, 0.3) is 11.8 Å². The fourth-order valence-electron chi connectivity index (χ4n) is 2.34. The number of amides is 2. The van der Waals surface area contributed by atoms with Crippen LogP contribution in [0.5, 0.6) is 0 Å². The number of carbonyl (C=O) groups is 2. The normalized spacial score (nSPS) is 15.2. The first kappa shape index (κ1) is 16.0. The smallest absolute Gasteiger partial charge is 0.349 e. The third-order valence-electron chi connectivity index (χ3n) is 3.76. The Morgan fingerprint density at radius 1 is 1.21 bits per heavy atom. The van der Waals surface area contributed by atoms with Gasteiger partial charge in [0.05, 0.1) is 12.2 Å². The molecule has 2 aromatic rings. The van der Waals surface area contributed by atoms with Crippen LogP contribution < -0.4 is 5.73 Å². The third-order valence-corrected chi connectivity index (χ3v) is 3.76. The van der Waals surface area contributed by atoms with Crippen LogP contribution in [0.25, 0.3) is 0 Å². The number of primary amides is 1. The lowest BCUT2D eigenvalue weighted by Gasteiger charge is -2.40. The monoisotopic (exact) mass is 339 g/mol. The highest BCUT2D eigenvalue weighted by Crippen LogP contribution is 2.33. The number of nitrogens with two attached hydrogens (primary N) is 1. The molecule has 0 spiro atoms. The van der Waals surface area contributed by atoms with E-state index in [0.717, 1.165) is 29.2 Å². The van der Waals surface area contributed by atoms with Gasteiger partial charge in [-0.1, -0.05) is 5.21 Å². The van der Waals surface area contributed by atoms with E-state index >= 15 is 0 Å². The van der Waals surface area contributed by atoms with E-state index in [-0.39, 0.29) is 24.8 Å². The van der Waals surface area contributed by atoms with Gasteiger partial charge < -0.3 is 10.6 Å². The zero-order valence-electron chi connectivity index (χ0n) is 12.2. The van der Waals surface area contributed by atoms with Crippen LogP contribution in [0, 0.1) is 5.82 Å². The highest BCUT2D eigenvalue weighted by Gasteiger charge is 2.48. The zero-order valence-corrected chi connectivity index (χ0v) is 12.2. The number of halogens is 3. The highest BCUT2D eigenvalue weighted by atomic mass is 19.3. The highest BCUT2D eigenvalue weighted by molar-refractivity contribution is 5.90. The third kappa shape index (κ3) is 2.70. The van der Waals surface area contributed by atoms with Gasteiger partial charge in [-0.2, -0.15) is 8.78 Å². The predicted octanol–water partition coefficient (Wildman–Crippen LogP) is 0.691. The molecule has 1 saturated heterocycles. The summed E-state index contributed by atoms with van der Waals surface area (Å²) in [5.41, 5.74) is 4.43. The fraction of sp³-hybridized carbons (Fsp3) is 0.286. The summed E-state index contributed by atoms with van der Waals surface area (Å²) in [7, 11) is 0. The maximum atomic E-state index is 14.2. The molecule has 10 heteroatoms. The predicted molar refractivity (Wildman–Crippen MR) is 74.5 cm³/mol. The molecule has 1 aromatic carbocycles. The van der Waals surface area contributed by atoms with E-state index in [1.165, 1.54) is 10.9 Å². The van der Waals surface area contributed by atoms with Crippen LogP contribution in [0.3, 0.4) is 0 Å². The van der Waals surface area contributed by atoms with Crippen molar-refractivity contribution in [1.29, 1.82) is 0 Å². The van der Waals surface area contributed by atoms with Gasteiger partial charge in [-0.3, -0.25) is 9.59 Å². The molecule has 0 bridgehead atoms. The lowest BCUT2D eigenvalue weighted by atomic mass is 10.0. The van der Waals surface area contributed by atoms with E-state index in [0.29, 0.717) is 0 Å². The van der Waals surface area contributed by atoms with Crippen LogP contribution in [0.1, 0.15) is 22.1 Å². The summed E-state index contributed by atoms with van der Waals surface area (Å²) in [5.74, 6) is -6.54. The van der Waals surface area contributed by atoms with Gasteiger partial charge in [0, 0.05) is 18.7 Å². The Morgan fingerprint density at radius 3 is 2.38 bits per heavy atom. The molecule has 2 heterocycles. The number of alkyl halides is 2. The molecule has 3 rings (SSSR count). The summed E-state index contributed by atoms with van der Waals surface area (Å²) in [6, 6.07) is 3.13. The maximum Gasteiger partial charge on any atom is 0.349 e. The molecule has 126 valence electrons. The summed E-state index contributed by atoms with van der Waals surface area (Å²) in [6.45, 7) is -0.00560. The number of benzene rings is 1. The Kier molecular flexibility index (Phi) is 3.74. The number of nitrogens with zero attached hydrogens (tertiary/aromatic N) is 4. The largest absolute Gasteiger partial charge is 0.364 e. The summed E-state index contributed by atoms with van der Waals surface area (Å²) in [4.78, 5) is 23.9. The van der Waals surface area contributed by atoms with E-state index in [1.54, 1.807) is 0 Å². The molecule has 0 atom stereocenters. The number of aromatic nitrogens is 3. The first-order valence-electron chi connectivity index (χ1n) is 6.94. The number of hydrogen-bond donors (Lipinski definition) is 1. The van der Waals surface area contributed by atoms with Crippen molar-refractivity contribution in [2.24, 2.45) is 5.73 Å². The fourth-order valence-corrected chi connectivity index (χ4v) is 2.34. The minimum atomic E-state index is -3.75. The Morgan fingerprint density at radius 2 is 1.83 bits per heavy atom. The molecule has 0 aliphatic carbocycles. The first-order valence-corrected chi connectivity index (χ1v) is 6.94. The standard InChI is InChI=1S/C14H12F3N5O2/c15-9-3-1-8(2-4-9)14(16,17)13(24)21-5-10(6-21)22-7-11(12(18)23)19-20-22/h1-4,7,10H,5-6H2,(H2,18,23). The Balaban J connectivity index is 1.67. The van der Waals surface area contributed by atoms with Crippen LogP contribution in [-0.4, -0.2) is 44.8 Å². The molecule has 0 saturated carbocycles. The minimum absolute atomic E-state index is 0.00280. The Hall–Kier alpha value is -2.91. The zero-order chi connectivity index (χ0) is 17.5. The number of hydrogen-bond acceptors (Lipinski definition) is 4. The van der Waals surface area contributed by atoms with E-state index < -0.39 is 29.1 Å². The second-order valence-corrected chi connectivity index (χ2v) is 5.39. The van der Waals surface area contributed by atoms with Crippen LogP contribution in [0.4, 0.5) is 13.2 Å². The molecule has 1 aromatic heterocycles. The molecule has 2 amide bonds. The van der Waals surface area contributed by atoms with Crippen molar-refractivity contribution in [3.63, 3.8) is 0 Å². The van der Waals surface area contributed by atoms with Crippen molar-refractivity contribution < 1.29 is 22.8 Å². The molecule has 1 fully saturated rings. The van der Waals surface area contributed by atoms with Gasteiger partial charge in [-0.15, -0.1) is 5.10 Å². The van der Waals surface area contributed by atoms with Gasteiger partial charge >= 0.3 is 5.92 Å². The Bertz CT molecular complexity index is 784. The van der Waals surface area contributed by atoms with Crippen molar-refractivity contribution in [3.05, 3.63) is 47.5 Å². The van der Waals surface area contributed by atoms with Crippen LogP contribution in [0.15, 0.2) is 30.5 Å². The molecular formula is C14H12F3N5O2. The van der Waals surface area contributed by atoms with Crippen LogP contribution in [-0.2, 0) is 10.7 Å². The summed E-state index contributed by atoms with van der Waals surface area (Å²) in [6.07, 6.45) is 1.30. The van der Waals surface area contributed by atoms with Gasteiger partial charge in [-0.05, 0) is 24.3 Å². The molecule has 0 unspecified atom stereocenters. The SMILES string of the molecule is NC(=O)c1cn(C2CN(C(=O)C(F)(F)c3ccc(F)cc3)C2)nn1. The molecule has 0 radical (unpaired) electrons. The van der Waals surface area contributed by atoms with Gasteiger partial charge in [0.15, 0.2) is 5.69 Å². The van der Waals surface area contributed by atoms with E-state index in [4.69, 9.17) is 5.73 Å². The summed E-state index contributed by atoms with van der Waals surface area (Å²) >= 11 is 0. The van der Waals surface area contributed by atoms with Crippen molar-refractivity contribution in [2.45, 2.75) is 12.0 Å². The maximum absolute atomic E-state index is 14.2. The second kappa shape index (κ2) is 5.62. The molecule has 24 heavy (non-hydrogen) atoms. The van der Waals surface area contributed by atoms with Crippen molar-refractivity contribution in [1.82, 2.24) is 19.9 Å². The van der Waals surface area contributed by atoms with Crippen LogP contribution >= 0.6 is 0 Å². The molecule has 2 N–H and O–H groups in total. The second-order valence-electron chi connectivity index (χ2n) is 5.39. The lowest BCUT2D eigenvalue weighted by molar-refractivity contribution is -0.165. The lowest BCUT2D eigenvalue weighted by Crippen LogP contribution is -2.55. The van der Waals surface area contributed by atoms with E-state index in [9.17, 15) is 22.8 Å². The number of carbonyl (C=O) groups excluding carboxylic acids is 2. The summed E-state index contributed by atoms with van der Waals surface area (Å²) < 4.78 is 42.5. The molecule has 1 aliphatic rings. The summed E-state index contributed by atoms with van der Waals surface area (Å²) in [5, 5.41) is 7.23. The minimum Gasteiger partial charge on any atom is -0.364 e. The van der Waals surface area contributed by atoms with Crippen molar-refractivity contribution in [2.75, 3.05) is 13.1 Å². The topological polar surface area (TPSA) is 94.1 Å². The quantitative estimate of drug-likeness (QED) is 0.887. The van der Waals surface area contributed by atoms with E-state index in [1.807, 2.05) is 0 Å². The van der Waals surface area contributed by atoms with Crippen molar-refractivity contribution in [3.8, 4) is 0 Å². The van der Waals surface area contributed by atoms with Gasteiger partial charge in [-0.25, -0.2) is 9.07 Å². The number of rotatable bonds is 4. The van der Waals surface area contributed by atoms with Crippen molar-refractivity contribution >= 4 is 11.8 Å². The average Bonchev–Trinajstić information content (AvgIpc) is 2.96. The molecule has 7 nitrogen and oxygen atoms in total.